The maximum absolute atomic E-state index is 15.1. The molecule has 0 N–H and O–H groups in total. The van der Waals surface area contributed by atoms with Gasteiger partial charge in [0.15, 0.2) is 18.4 Å². The van der Waals surface area contributed by atoms with Crippen molar-refractivity contribution in [3.63, 3.8) is 0 Å². The van der Waals surface area contributed by atoms with Crippen LogP contribution in [-0.4, -0.2) is 125 Å². The van der Waals surface area contributed by atoms with Gasteiger partial charge in [0.1, 0.15) is 24.4 Å². The van der Waals surface area contributed by atoms with Crippen LogP contribution in [0.4, 0.5) is 0 Å². The third-order valence-corrected chi connectivity index (χ3v) is 16.2. The van der Waals surface area contributed by atoms with Crippen molar-refractivity contribution in [2.45, 2.75) is 184 Å². The van der Waals surface area contributed by atoms with E-state index in [0.717, 1.165) is 69.1 Å². The second-order valence-electron chi connectivity index (χ2n) is 18.6. The Labute approximate surface area is 349 Å². The average molecular weight is 829 g/mol. The molecular formula is C45H68N2O10S. The Balaban J connectivity index is 1.10. The normalized spacial score (nSPS) is 43.4. The molecule has 0 spiro atoms. The van der Waals surface area contributed by atoms with Crippen molar-refractivity contribution >= 4 is 23.1 Å². The number of fused-ring (bicyclic) bond motifs is 8. The minimum atomic E-state index is -0.622. The number of esters is 1. The lowest BCUT2D eigenvalue weighted by Crippen LogP contribution is -2.59. The summed E-state index contributed by atoms with van der Waals surface area (Å²) >= 11 is 1.86. The van der Waals surface area contributed by atoms with Crippen molar-refractivity contribution < 1.29 is 47.5 Å². The van der Waals surface area contributed by atoms with Gasteiger partial charge in [0.05, 0.1) is 41.5 Å². The Bertz CT molecular complexity index is 1650. The molecule has 0 aromatic carbocycles. The zero-order valence-electron chi connectivity index (χ0n) is 36.1. The summed E-state index contributed by atoms with van der Waals surface area (Å²) in [5.74, 6) is 0.0379. The number of rotatable bonds is 10. The SMILES string of the molecule is CC[C@H]1CCC[C@H](O[C@H]2CC[C@H](N(C)C)C(C)O2)[C@@H](C)C(=O)C2=C[C@H]3[C@@H]4C[C@H](O[C@@H]5OC(C)[C@H](OC)C(OC)C5OC)C[C@H]4c4sc(C5CC5)nc4[C@H]3[C@@H]2CC(=O)O1. The summed E-state index contributed by atoms with van der Waals surface area (Å²) in [5.41, 5.74) is 1.84. The van der Waals surface area contributed by atoms with Crippen LogP contribution in [0.3, 0.4) is 0 Å². The van der Waals surface area contributed by atoms with E-state index in [1.807, 2.05) is 25.2 Å². The smallest absolute Gasteiger partial charge is 0.306 e. The number of carbonyl (C=O) groups is 2. The number of likely N-dealkylation sites (N-methyl/N-ethyl adjacent to an activating group) is 1. The van der Waals surface area contributed by atoms with E-state index >= 15 is 4.79 Å². The van der Waals surface area contributed by atoms with Crippen LogP contribution in [0, 0.1) is 23.7 Å². The number of thiazole rings is 1. The summed E-state index contributed by atoms with van der Waals surface area (Å²) in [5, 5.41) is 1.20. The van der Waals surface area contributed by atoms with Crippen molar-refractivity contribution in [2.24, 2.45) is 23.7 Å². The number of carbonyl (C=O) groups excluding carboxylic acids is 2. The fraction of sp³-hybridized carbons (Fsp3) is 0.844. The maximum atomic E-state index is 15.1. The van der Waals surface area contributed by atoms with Crippen LogP contribution in [0.5, 0.6) is 0 Å². The summed E-state index contributed by atoms with van der Waals surface area (Å²) in [6.45, 7) is 8.22. The minimum absolute atomic E-state index is 0.0251. The van der Waals surface area contributed by atoms with Crippen LogP contribution in [0.15, 0.2) is 11.6 Å². The third kappa shape index (κ3) is 8.27. The number of cyclic esters (lactones) is 1. The molecule has 17 atom stereocenters. The number of ether oxygens (including phenoxy) is 8. The number of hydrogen-bond acceptors (Lipinski definition) is 13. The first kappa shape index (κ1) is 42.9. The molecule has 3 aliphatic heterocycles. The predicted molar refractivity (Wildman–Crippen MR) is 218 cm³/mol. The van der Waals surface area contributed by atoms with Crippen LogP contribution >= 0.6 is 11.3 Å². The molecule has 324 valence electrons. The Hall–Kier alpha value is -1.81. The quantitative estimate of drug-likeness (QED) is 0.228. The summed E-state index contributed by atoms with van der Waals surface area (Å²) < 4.78 is 50.4. The highest BCUT2D eigenvalue weighted by atomic mass is 32.1. The second kappa shape index (κ2) is 17.9. The van der Waals surface area contributed by atoms with Crippen molar-refractivity contribution in [1.29, 1.82) is 0 Å². The number of nitrogens with zero attached hydrogens (tertiary/aromatic N) is 2. The number of methoxy groups -OCH3 is 3. The third-order valence-electron chi connectivity index (χ3n) is 14.8. The van der Waals surface area contributed by atoms with E-state index in [4.69, 9.17) is 42.9 Å². The van der Waals surface area contributed by atoms with Gasteiger partial charge in [-0.3, -0.25) is 9.59 Å². The molecule has 7 aliphatic rings. The molecule has 0 amide bonds. The van der Waals surface area contributed by atoms with Gasteiger partial charge in [0.2, 0.25) is 0 Å². The van der Waals surface area contributed by atoms with E-state index in [2.05, 4.69) is 38.9 Å². The summed E-state index contributed by atoms with van der Waals surface area (Å²) in [6, 6.07) is 0.328. The first-order valence-electron chi connectivity index (χ1n) is 22.3. The fourth-order valence-electron chi connectivity index (χ4n) is 11.6. The van der Waals surface area contributed by atoms with Gasteiger partial charge in [-0.25, -0.2) is 4.98 Å². The molecular weight excluding hydrogens is 761 g/mol. The first-order chi connectivity index (χ1) is 27.9. The van der Waals surface area contributed by atoms with Crippen LogP contribution < -0.4 is 0 Å². The van der Waals surface area contributed by atoms with Gasteiger partial charge >= 0.3 is 5.97 Å². The van der Waals surface area contributed by atoms with Crippen LogP contribution in [0.1, 0.15) is 132 Å². The monoisotopic (exact) mass is 828 g/mol. The standard InChI is InChI=1S/C45H68N2O10S/c1-10-26-12-11-13-34(57-36-17-16-33(47(5)6)23(3)53-36)22(2)39(49)31-20-29-28-18-27(56-45-42(52-9)41(51-8)40(50-7)24(4)54-45)19-32(28)43-38(46-44(58-43)25-14-15-25)37(29)30(31)21-35(48)55-26/h20,22-30,32-34,36-37,40-42,45H,10-19,21H2,1-9H3/t22-,23?,24?,26+,27+,28+,29+,30-,32-,33+,34+,36+,37-,40+,41?,42?,45+/m1/s1. The zero-order chi connectivity index (χ0) is 41.0. The van der Waals surface area contributed by atoms with E-state index in [-0.39, 0.29) is 96.8 Å². The Morgan fingerprint density at radius 1 is 0.862 bits per heavy atom. The van der Waals surface area contributed by atoms with Gasteiger partial charge in [-0.15, -0.1) is 11.3 Å². The van der Waals surface area contributed by atoms with Gasteiger partial charge in [0, 0.05) is 61.8 Å². The van der Waals surface area contributed by atoms with Crippen molar-refractivity contribution in [2.75, 3.05) is 35.4 Å². The maximum Gasteiger partial charge on any atom is 0.306 e. The van der Waals surface area contributed by atoms with Crippen LogP contribution in [0.25, 0.3) is 0 Å². The Morgan fingerprint density at radius 3 is 2.29 bits per heavy atom. The number of aromatic nitrogens is 1. The molecule has 2 saturated carbocycles. The Morgan fingerprint density at radius 2 is 1.62 bits per heavy atom. The lowest BCUT2D eigenvalue weighted by molar-refractivity contribution is -0.314. The van der Waals surface area contributed by atoms with E-state index < -0.39 is 18.3 Å². The van der Waals surface area contributed by atoms with Gasteiger partial charge in [-0.2, -0.15) is 0 Å². The van der Waals surface area contributed by atoms with E-state index in [0.29, 0.717) is 18.4 Å². The molecule has 12 nitrogen and oxygen atoms in total. The van der Waals surface area contributed by atoms with Crippen LogP contribution in [-0.2, 0) is 47.5 Å². The molecule has 4 heterocycles. The molecule has 8 rings (SSSR count). The van der Waals surface area contributed by atoms with E-state index in [1.165, 1.54) is 9.88 Å². The molecule has 0 radical (unpaired) electrons. The molecule has 4 aliphatic carbocycles. The molecule has 0 bridgehead atoms. The number of Topliss-reactive ketones (excluding diaryl/α,β-unsaturated/α-hetero) is 1. The van der Waals surface area contributed by atoms with Gasteiger partial charge in [0.25, 0.3) is 0 Å². The molecule has 4 unspecified atom stereocenters. The van der Waals surface area contributed by atoms with Gasteiger partial charge in [-0.05, 0) is 110 Å². The Kier molecular flexibility index (Phi) is 13.2. The number of hydrogen-bond donors (Lipinski definition) is 0. The molecule has 13 heteroatoms. The lowest BCUT2D eigenvalue weighted by atomic mass is 9.67. The van der Waals surface area contributed by atoms with Crippen molar-refractivity contribution in [3.8, 4) is 0 Å². The predicted octanol–water partition coefficient (Wildman–Crippen LogP) is 6.90. The largest absolute Gasteiger partial charge is 0.462 e. The minimum Gasteiger partial charge on any atom is -0.462 e. The van der Waals surface area contributed by atoms with Crippen LogP contribution in [0.2, 0.25) is 0 Å². The number of allylic oxidation sites excluding steroid dienone is 2. The molecule has 1 aromatic rings. The summed E-state index contributed by atoms with van der Waals surface area (Å²) in [6.07, 6.45) is 8.21. The van der Waals surface area contributed by atoms with Crippen molar-refractivity contribution in [3.05, 3.63) is 27.2 Å². The lowest BCUT2D eigenvalue weighted by Gasteiger charge is -2.44. The molecule has 1 aromatic heterocycles. The number of ketones is 1. The summed E-state index contributed by atoms with van der Waals surface area (Å²) in [4.78, 5) is 38.0. The molecule has 5 fully saturated rings. The van der Waals surface area contributed by atoms with E-state index in [9.17, 15) is 4.79 Å². The highest BCUT2D eigenvalue weighted by molar-refractivity contribution is 7.12. The highest BCUT2D eigenvalue weighted by Gasteiger charge is 2.57. The zero-order valence-corrected chi connectivity index (χ0v) is 36.9. The van der Waals surface area contributed by atoms with E-state index in [1.54, 1.807) is 21.3 Å². The fourth-order valence-corrected chi connectivity index (χ4v) is 13.1. The highest BCUT2D eigenvalue weighted by Crippen LogP contribution is 2.63. The second-order valence-corrected chi connectivity index (χ2v) is 19.6. The van der Waals surface area contributed by atoms with Gasteiger partial charge in [-0.1, -0.05) is 19.9 Å². The summed E-state index contributed by atoms with van der Waals surface area (Å²) in [7, 11) is 9.20. The van der Waals surface area contributed by atoms with Gasteiger partial charge < -0.3 is 42.8 Å². The topological polar surface area (TPSA) is 124 Å². The average Bonchev–Trinajstić information content (AvgIpc) is 3.64. The molecule has 58 heavy (non-hydrogen) atoms. The molecule has 3 saturated heterocycles. The van der Waals surface area contributed by atoms with Crippen molar-refractivity contribution in [1.82, 2.24) is 9.88 Å². The first-order valence-corrected chi connectivity index (χ1v) is 23.1.